The molecule has 0 saturated heterocycles. The third-order valence-corrected chi connectivity index (χ3v) is 3.19. The van der Waals surface area contributed by atoms with Gasteiger partial charge in [-0.2, -0.15) is 0 Å². The summed E-state index contributed by atoms with van der Waals surface area (Å²) < 4.78 is 5.28. The summed E-state index contributed by atoms with van der Waals surface area (Å²) in [5, 5.41) is 0.965. The SMILES string of the molecule is CCCCCC/C=C/c1cc2ccccc2oc1=O. The highest BCUT2D eigenvalue weighted by Crippen LogP contribution is 2.13. The summed E-state index contributed by atoms with van der Waals surface area (Å²) in [5.41, 5.74) is 1.02. The predicted molar refractivity (Wildman–Crippen MR) is 80.3 cm³/mol. The topological polar surface area (TPSA) is 30.2 Å². The van der Waals surface area contributed by atoms with Crippen molar-refractivity contribution in [2.45, 2.75) is 39.0 Å². The first-order valence-corrected chi connectivity index (χ1v) is 7.00. The molecule has 1 aromatic heterocycles. The predicted octanol–water partition coefficient (Wildman–Crippen LogP) is 4.78. The van der Waals surface area contributed by atoms with E-state index in [4.69, 9.17) is 4.42 Å². The smallest absolute Gasteiger partial charge is 0.343 e. The third-order valence-electron chi connectivity index (χ3n) is 3.19. The van der Waals surface area contributed by atoms with Crippen molar-refractivity contribution in [3.8, 4) is 0 Å². The lowest BCUT2D eigenvalue weighted by atomic mass is 10.1. The van der Waals surface area contributed by atoms with Crippen molar-refractivity contribution in [2.24, 2.45) is 0 Å². The van der Waals surface area contributed by atoms with Crippen molar-refractivity contribution in [1.82, 2.24) is 0 Å². The minimum atomic E-state index is -0.261. The first kappa shape index (κ1) is 13.6. The molecule has 100 valence electrons. The highest BCUT2D eigenvalue weighted by Gasteiger charge is 2.01. The molecule has 1 heterocycles. The molecule has 0 saturated carbocycles. The standard InChI is InChI=1S/C17H20O2/c1-2-3-4-5-6-7-11-15-13-14-10-8-9-12-16(14)19-17(15)18/h7-13H,2-6H2,1H3/b11-7+. The monoisotopic (exact) mass is 256 g/mol. The number of allylic oxidation sites excluding steroid dienone is 1. The fraction of sp³-hybridized carbons (Fsp3) is 0.353. The molecule has 2 aromatic rings. The Balaban J connectivity index is 2.06. The average Bonchev–Trinajstić information content (AvgIpc) is 2.43. The van der Waals surface area contributed by atoms with Gasteiger partial charge in [0.05, 0.1) is 5.56 Å². The van der Waals surface area contributed by atoms with Gasteiger partial charge in [0.2, 0.25) is 0 Å². The van der Waals surface area contributed by atoms with Crippen LogP contribution in [0.4, 0.5) is 0 Å². The van der Waals surface area contributed by atoms with Crippen LogP contribution in [0.15, 0.2) is 45.6 Å². The summed E-state index contributed by atoms with van der Waals surface area (Å²) >= 11 is 0. The lowest BCUT2D eigenvalue weighted by Gasteiger charge is -1.98. The molecule has 1 aromatic carbocycles. The average molecular weight is 256 g/mol. The Morgan fingerprint density at radius 1 is 1.16 bits per heavy atom. The fourth-order valence-corrected chi connectivity index (χ4v) is 2.09. The highest BCUT2D eigenvalue weighted by molar-refractivity contribution is 5.78. The van der Waals surface area contributed by atoms with Gasteiger partial charge >= 0.3 is 5.63 Å². The third kappa shape index (κ3) is 3.82. The van der Waals surface area contributed by atoms with Crippen LogP contribution in [-0.4, -0.2) is 0 Å². The van der Waals surface area contributed by atoms with E-state index < -0.39 is 0 Å². The van der Waals surface area contributed by atoms with E-state index in [1.807, 2.05) is 36.4 Å². The number of para-hydroxylation sites is 1. The van der Waals surface area contributed by atoms with E-state index in [-0.39, 0.29) is 5.63 Å². The molecule has 2 rings (SSSR count). The van der Waals surface area contributed by atoms with Gasteiger partial charge in [-0.25, -0.2) is 4.79 Å². The zero-order valence-corrected chi connectivity index (χ0v) is 11.4. The summed E-state index contributed by atoms with van der Waals surface area (Å²) in [6.45, 7) is 2.20. The summed E-state index contributed by atoms with van der Waals surface area (Å²) in [5.74, 6) is 0. The molecule has 0 radical (unpaired) electrons. The Morgan fingerprint density at radius 3 is 2.84 bits per heavy atom. The lowest BCUT2D eigenvalue weighted by molar-refractivity contribution is 0.559. The van der Waals surface area contributed by atoms with Crippen LogP contribution in [0, 0.1) is 0 Å². The molecule has 0 aliphatic heterocycles. The van der Waals surface area contributed by atoms with Crippen molar-refractivity contribution in [1.29, 1.82) is 0 Å². The summed E-state index contributed by atoms with van der Waals surface area (Å²) in [4.78, 5) is 11.8. The molecular formula is C17H20O2. The Kier molecular flexibility index (Phi) is 4.96. The zero-order valence-electron chi connectivity index (χ0n) is 11.4. The molecule has 2 nitrogen and oxygen atoms in total. The molecule has 2 heteroatoms. The number of hydrogen-bond acceptors (Lipinski definition) is 2. The van der Waals surface area contributed by atoms with Crippen molar-refractivity contribution in [3.05, 3.63) is 52.4 Å². The van der Waals surface area contributed by atoms with Crippen molar-refractivity contribution in [3.63, 3.8) is 0 Å². The lowest BCUT2D eigenvalue weighted by Crippen LogP contribution is -2.02. The number of rotatable bonds is 6. The van der Waals surface area contributed by atoms with Gasteiger partial charge in [-0.15, -0.1) is 0 Å². The zero-order chi connectivity index (χ0) is 13.5. The molecule has 0 spiro atoms. The summed E-state index contributed by atoms with van der Waals surface area (Å²) in [6.07, 6.45) is 9.94. The molecule has 0 atom stereocenters. The number of benzene rings is 1. The molecule has 0 fully saturated rings. The van der Waals surface area contributed by atoms with Crippen molar-refractivity contribution >= 4 is 17.0 Å². The second-order valence-electron chi connectivity index (χ2n) is 4.78. The normalized spacial score (nSPS) is 11.4. The maximum Gasteiger partial charge on any atom is 0.343 e. The minimum absolute atomic E-state index is 0.261. The van der Waals surface area contributed by atoms with Crippen LogP contribution < -0.4 is 5.63 Å². The van der Waals surface area contributed by atoms with E-state index in [0.29, 0.717) is 11.1 Å². The van der Waals surface area contributed by atoms with E-state index in [1.165, 1.54) is 25.7 Å². The van der Waals surface area contributed by atoms with E-state index in [9.17, 15) is 4.79 Å². The van der Waals surface area contributed by atoms with Crippen LogP contribution in [0.1, 0.15) is 44.6 Å². The second-order valence-corrected chi connectivity index (χ2v) is 4.78. The van der Waals surface area contributed by atoms with Crippen molar-refractivity contribution < 1.29 is 4.42 Å². The Hall–Kier alpha value is -1.83. The number of unbranched alkanes of at least 4 members (excludes halogenated alkanes) is 4. The van der Waals surface area contributed by atoms with Crippen LogP contribution in [-0.2, 0) is 0 Å². The molecule has 0 N–H and O–H groups in total. The summed E-state index contributed by atoms with van der Waals surface area (Å²) in [6, 6.07) is 9.48. The molecule has 0 aliphatic carbocycles. The van der Waals surface area contributed by atoms with E-state index in [0.717, 1.165) is 11.8 Å². The molecule has 0 bridgehead atoms. The van der Waals surface area contributed by atoms with Crippen LogP contribution in [0.2, 0.25) is 0 Å². The maximum absolute atomic E-state index is 11.8. The first-order chi connectivity index (χ1) is 9.31. The van der Waals surface area contributed by atoms with Crippen LogP contribution >= 0.6 is 0 Å². The quantitative estimate of drug-likeness (QED) is 0.550. The number of hydrogen-bond donors (Lipinski definition) is 0. The van der Waals surface area contributed by atoms with Crippen molar-refractivity contribution in [2.75, 3.05) is 0 Å². The molecule has 0 aliphatic rings. The van der Waals surface area contributed by atoms with Gasteiger partial charge in [-0.3, -0.25) is 0 Å². The van der Waals surface area contributed by atoms with Gasteiger partial charge < -0.3 is 4.42 Å². The molecule has 0 unspecified atom stereocenters. The highest BCUT2D eigenvalue weighted by atomic mass is 16.4. The van der Waals surface area contributed by atoms with Crippen LogP contribution in [0.5, 0.6) is 0 Å². The number of fused-ring (bicyclic) bond motifs is 1. The summed E-state index contributed by atoms with van der Waals surface area (Å²) in [7, 11) is 0. The molecular weight excluding hydrogens is 236 g/mol. The van der Waals surface area contributed by atoms with Gasteiger partial charge in [-0.1, -0.05) is 56.5 Å². The first-order valence-electron chi connectivity index (χ1n) is 7.00. The van der Waals surface area contributed by atoms with Gasteiger partial charge in [0.1, 0.15) is 5.58 Å². The van der Waals surface area contributed by atoms with E-state index in [2.05, 4.69) is 13.0 Å². The van der Waals surface area contributed by atoms with Gasteiger partial charge in [0.25, 0.3) is 0 Å². The largest absolute Gasteiger partial charge is 0.422 e. The second kappa shape index (κ2) is 6.93. The molecule has 0 amide bonds. The van der Waals surface area contributed by atoms with Gasteiger partial charge in [0, 0.05) is 5.39 Å². The van der Waals surface area contributed by atoms with Crippen LogP contribution in [0.3, 0.4) is 0 Å². The molecule has 19 heavy (non-hydrogen) atoms. The Morgan fingerprint density at radius 2 is 2.00 bits per heavy atom. The van der Waals surface area contributed by atoms with Gasteiger partial charge in [0.15, 0.2) is 0 Å². The Labute approximate surface area is 113 Å². The Bertz CT molecular complexity index is 608. The van der Waals surface area contributed by atoms with Gasteiger partial charge in [-0.05, 0) is 25.0 Å². The minimum Gasteiger partial charge on any atom is -0.422 e. The van der Waals surface area contributed by atoms with Crippen LogP contribution in [0.25, 0.3) is 17.0 Å². The van der Waals surface area contributed by atoms with E-state index >= 15 is 0 Å². The van der Waals surface area contributed by atoms with E-state index in [1.54, 1.807) is 0 Å². The maximum atomic E-state index is 11.8. The fourth-order valence-electron chi connectivity index (χ4n) is 2.09.